The molecule has 1 aromatic rings. The Morgan fingerprint density at radius 3 is 1.94 bits per heavy atom. The molecule has 16 heteroatoms. The van der Waals surface area contributed by atoms with Crippen LogP contribution in [0.15, 0.2) is 18.2 Å². The number of benzene rings is 1. The summed E-state index contributed by atoms with van der Waals surface area (Å²) < 4.78 is 22.8. The number of hydrogen-bond acceptors (Lipinski definition) is 8. The predicted molar refractivity (Wildman–Crippen MR) is 114 cm³/mol. The number of phenolic OH excluding ortho intramolecular Hbond substituents is 2. The third-order valence-corrected chi connectivity index (χ3v) is 3.14. The standard InChI is InChI=1S/C9H11NO4.C6H14N4O2.Na.H2O3S.H/c10-6(9(13)14)3-5-1-2-7(11)8(12)4-5;7-4(5(11)12)2-1-3-10-6(8)9;;1-4(2)3;/h1-2,4,6,11-12H,3,10H2,(H,13,14);4H,1-3,7H2,(H,11,12)(H4,8,9,10);;(H2,1,2,3);. The fraction of sp³-hybridized carbons (Fsp3) is 0.400. The van der Waals surface area contributed by atoms with E-state index in [1.165, 1.54) is 18.2 Å². The zero-order valence-electron chi connectivity index (χ0n) is 15.8. The van der Waals surface area contributed by atoms with Crippen molar-refractivity contribution in [2.75, 3.05) is 6.54 Å². The molecule has 0 amide bonds. The molecule has 0 bridgehead atoms. The molecule has 0 saturated heterocycles. The number of nitrogens with two attached hydrogens (primary N) is 3. The van der Waals surface area contributed by atoms with Crippen LogP contribution in [0.2, 0.25) is 0 Å². The summed E-state index contributed by atoms with van der Waals surface area (Å²) in [6.07, 6.45) is 1.09. The van der Waals surface area contributed by atoms with E-state index in [4.69, 9.17) is 56.4 Å². The van der Waals surface area contributed by atoms with Gasteiger partial charge in [-0.1, -0.05) is 6.07 Å². The van der Waals surface area contributed by atoms with Gasteiger partial charge in [0.2, 0.25) is 0 Å². The van der Waals surface area contributed by atoms with Crippen LogP contribution >= 0.6 is 0 Å². The number of carbonyl (C=O) groups is 2. The topological polar surface area (TPSA) is 287 Å². The van der Waals surface area contributed by atoms with Crippen LogP contribution in [-0.2, 0) is 27.4 Å². The Hall–Kier alpha value is -1.98. The Kier molecular flexibility index (Phi) is 20.4. The van der Waals surface area contributed by atoms with Crippen LogP contribution in [0.5, 0.6) is 11.5 Å². The summed E-state index contributed by atoms with van der Waals surface area (Å²) >= 11 is -2.61. The van der Waals surface area contributed by atoms with Crippen LogP contribution in [0.3, 0.4) is 0 Å². The number of nitrogens with one attached hydrogen (secondary N) is 2. The van der Waals surface area contributed by atoms with Gasteiger partial charge in [-0.15, -0.1) is 0 Å². The van der Waals surface area contributed by atoms with E-state index in [-0.39, 0.29) is 53.4 Å². The van der Waals surface area contributed by atoms with Crippen LogP contribution in [0.25, 0.3) is 0 Å². The molecule has 0 aliphatic rings. The number of aliphatic carboxylic acids is 2. The maximum atomic E-state index is 10.4. The number of carboxylic acids is 2. The van der Waals surface area contributed by atoms with Crippen LogP contribution in [0.4, 0.5) is 0 Å². The van der Waals surface area contributed by atoms with Gasteiger partial charge in [0.25, 0.3) is 11.4 Å². The molecule has 1 aromatic carbocycles. The number of guanidine groups is 1. The van der Waals surface area contributed by atoms with Gasteiger partial charge in [-0.25, -0.2) is 0 Å². The van der Waals surface area contributed by atoms with Crippen LogP contribution in [0, 0.1) is 5.41 Å². The van der Waals surface area contributed by atoms with Crippen molar-refractivity contribution in [3.63, 3.8) is 0 Å². The van der Waals surface area contributed by atoms with E-state index in [9.17, 15) is 9.59 Å². The molecule has 0 radical (unpaired) electrons. The Labute approximate surface area is 202 Å². The molecule has 14 nitrogen and oxygen atoms in total. The third-order valence-electron chi connectivity index (χ3n) is 3.14. The van der Waals surface area contributed by atoms with Crippen molar-refractivity contribution in [1.29, 1.82) is 5.41 Å². The first kappa shape index (κ1) is 33.7. The summed E-state index contributed by atoms with van der Waals surface area (Å²) in [6.45, 7) is 0.482. The van der Waals surface area contributed by atoms with Crippen molar-refractivity contribution < 1.29 is 43.3 Å². The molecule has 31 heavy (non-hydrogen) atoms. The van der Waals surface area contributed by atoms with Gasteiger partial charge in [0.1, 0.15) is 12.1 Å². The molecular weight excluding hydrogens is 449 g/mol. The predicted octanol–water partition coefficient (Wildman–Crippen LogP) is -2.25. The third kappa shape index (κ3) is 21.1. The molecule has 0 fully saturated rings. The monoisotopic (exact) mass is 477 g/mol. The van der Waals surface area contributed by atoms with E-state index in [1.807, 2.05) is 0 Å². The summed E-state index contributed by atoms with van der Waals surface area (Å²) in [5.41, 5.74) is 16.1. The van der Waals surface area contributed by atoms with E-state index >= 15 is 0 Å². The van der Waals surface area contributed by atoms with Crippen molar-refractivity contribution >= 4 is 58.8 Å². The van der Waals surface area contributed by atoms with Gasteiger partial charge < -0.3 is 42.9 Å². The number of phenols is 2. The molecule has 0 spiro atoms. The van der Waals surface area contributed by atoms with E-state index in [0.29, 0.717) is 24.9 Å². The number of rotatable bonds is 8. The molecule has 2 unspecified atom stereocenters. The van der Waals surface area contributed by atoms with Gasteiger partial charge in [0.15, 0.2) is 17.5 Å². The minimum absolute atomic E-state index is 0. The molecule has 14 N–H and O–H groups in total. The molecule has 174 valence electrons. The Morgan fingerprint density at radius 2 is 1.55 bits per heavy atom. The molecule has 0 aliphatic carbocycles. The first-order valence-corrected chi connectivity index (χ1v) is 9.19. The van der Waals surface area contributed by atoms with Crippen molar-refractivity contribution in [3.8, 4) is 11.5 Å². The van der Waals surface area contributed by atoms with Gasteiger partial charge in [-0.05, 0) is 37.0 Å². The van der Waals surface area contributed by atoms with E-state index in [1.54, 1.807) is 0 Å². The molecule has 0 saturated carbocycles. The molecule has 2 atom stereocenters. The first-order chi connectivity index (χ1) is 13.8. The summed E-state index contributed by atoms with van der Waals surface area (Å²) in [5.74, 6) is -2.73. The summed E-state index contributed by atoms with van der Waals surface area (Å²) in [6, 6.07) is 2.27. The van der Waals surface area contributed by atoms with Gasteiger partial charge in [-0.2, -0.15) is 4.21 Å². The summed E-state index contributed by atoms with van der Waals surface area (Å²) in [7, 11) is 0. The van der Waals surface area contributed by atoms with Crippen molar-refractivity contribution in [1.82, 2.24) is 5.32 Å². The number of aromatic hydroxyl groups is 2. The first-order valence-electron chi connectivity index (χ1n) is 8.13. The fourth-order valence-corrected chi connectivity index (χ4v) is 1.71. The average Bonchev–Trinajstić information content (AvgIpc) is 2.61. The van der Waals surface area contributed by atoms with Crippen LogP contribution in [0.1, 0.15) is 18.4 Å². The van der Waals surface area contributed by atoms with Crippen LogP contribution in [-0.4, -0.2) is 99.8 Å². The Balaban J connectivity index is -0.000000424. The normalized spacial score (nSPS) is 11.4. The van der Waals surface area contributed by atoms with Crippen LogP contribution < -0.4 is 22.5 Å². The second-order valence-corrected chi connectivity index (χ2v) is 6.09. The zero-order valence-corrected chi connectivity index (χ0v) is 16.6. The Bertz CT molecular complexity index is 722. The second-order valence-electron chi connectivity index (χ2n) is 5.63. The quantitative estimate of drug-likeness (QED) is 0.0471. The average molecular weight is 477 g/mol. The van der Waals surface area contributed by atoms with Gasteiger partial charge in [0, 0.05) is 6.54 Å². The Morgan fingerprint density at radius 1 is 1.06 bits per heavy atom. The van der Waals surface area contributed by atoms with Gasteiger partial charge in [-0.3, -0.25) is 24.1 Å². The molecular formula is C15H28N5NaO9S. The molecule has 0 aliphatic heterocycles. The van der Waals surface area contributed by atoms with Gasteiger partial charge >= 0.3 is 41.5 Å². The summed E-state index contributed by atoms with van der Waals surface area (Å²) in [4.78, 5) is 20.6. The van der Waals surface area contributed by atoms with Crippen molar-refractivity contribution in [2.24, 2.45) is 17.2 Å². The molecule has 0 aromatic heterocycles. The second kappa shape index (κ2) is 18.8. The molecule has 1 rings (SSSR count). The maximum absolute atomic E-state index is 10.4. The van der Waals surface area contributed by atoms with E-state index < -0.39 is 35.4 Å². The number of hydrogen-bond donors (Lipinski definition) is 11. The fourth-order valence-electron chi connectivity index (χ4n) is 1.71. The van der Waals surface area contributed by atoms with Crippen molar-refractivity contribution in [3.05, 3.63) is 23.8 Å². The minimum atomic E-state index is -2.61. The number of carboxylic acid groups (broad SMARTS) is 2. The summed E-state index contributed by atoms with van der Waals surface area (Å²) in [5, 5.41) is 44.3. The zero-order chi connectivity index (χ0) is 23.9. The van der Waals surface area contributed by atoms with Gasteiger partial charge in [0.05, 0.1) is 0 Å². The van der Waals surface area contributed by atoms with Crippen molar-refractivity contribution in [2.45, 2.75) is 31.3 Å². The van der Waals surface area contributed by atoms with E-state index in [0.717, 1.165) is 0 Å². The van der Waals surface area contributed by atoms with E-state index in [2.05, 4.69) is 5.32 Å². The SMILES string of the molecule is N=C(N)NCCCC(N)C(=O)O.NC(Cc1ccc(O)c(O)c1)C(=O)O.O=S(O)O.[NaH]. The molecule has 0 heterocycles.